The van der Waals surface area contributed by atoms with Crippen LogP contribution in [0.1, 0.15) is 148 Å². The zero-order valence-corrected chi connectivity index (χ0v) is 30.4. The van der Waals surface area contributed by atoms with Gasteiger partial charge in [-0.2, -0.15) is 0 Å². The molecule has 2 nitrogen and oxygen atoms in total. The Kier molecular flexibility index (Phi) is 16.7. The molecular weight excluding hydrogens is 581 g/mol. The lowest BCUT2D eigenvalue weighted by molar-refractivity contribution is 0.533. The second kappa shape index (κ2) is 21.5. The number of hydrogen-bond donors (Lipinski definition) is 2. The Morgan fingerprint density at radius 3 is 0.938 bits per heavy atom. The monoisotopic (exact) mass is 645 g/mol. The normalized spacial score (nSPS) is 11.3. The van der Waals surface area contributed by atoms with Crippen LogP contribution in [0.3, 0.4) is 0 Å². The standard InChI is InChI=1S/C46H64N2/c1-3-41-33-37(21-27-43(41)35-39-23-29-45(47)30-24-39)19-17-15-13-11-9-7-5-6-8-10-12-14-16-18-20-38-22-28-44(42(4-2)34-38)36-40-25-31-46(48)32-26-40/h21-34H,3-20,35-36,47-48H2,1-2H3. The topological polar surface area (TPSA) is 52.0 Å². The molecular formula is C46H64N2. The molecule has 0 amide bonds. The van der Waals surface area contributed by atoms with Crippen LogP contribution in [0, 0.1) is 0 Å². The lowest BCUT2D eigenvalue weighted by atomic mass is 9.94. The quantitative estimate of drug-likeness (QED) is 0.0623. The maximum absolute atomic E-state index is 5.86. The van der Waals surface area contributed by atoms with Crippen molar-refractivity contribution in [2.24, 2.45) is 0 Å². The molecule has 0 saturated heterocycles. The average Bonchev–Trinajstić information content (AvgIpc) is 3.11. The van der Waals surface area contributed by atoms with Crippen LogP contribution in [0.25, 0.3) is 0 Å². The number of rotatable bonds is 23. The first kappa shape index (κ1) is 37.3. The summed E-state index contributed by atoms with van der Waals surface area (Å²) in [4.78, 5) is 0. The summed E-state index contributed by atoms with van der Waals surface area (Å²) in [5.74, 6) is 0. The molecule has 4 N–H and O–H groups in total. The van der Waals surface area contributed by atoms with Gasteiger partial charge in [-0.15, -0.1) is 0 Å². The maximum atomic E-state index is 5.86. The van der Waals surface area contributed by atoms with E-state index in [-0.39, 0.29) is 0 Å². The largest absolute Gasteiger partial charge is 0.399 e. The highest BCUT2D eigenvalue weighted by Gasteiger charge is 2.07. The molecule has 0 saturated carbocycles. The van der Waals surface area contributed by atoms with Gasteiger partial charge in [0.05, 0.1) is 0 Å². The molecule has 4 rings (SSSR count). The Balaban J connectivity index is 0.956. The minimum absolute atomic E-state index is 0.837. The van der Waals surface area contributed by atoms with Gasteiger partial charge in [-0.25, -0.2) is 0 Å². The molecule has 4 aromatic rings. The highest BCUT2D eigenvalue weighted by atomic mass is 14.5. The molecule has 0 unspecified atom stereocenters. The van der Waals surface area contributed by atoms with Crippen LogP contribution in [0.4, 0.5) is 11.4 Å². The van der Waals surface area contributed by atoms with Crippen molar-refractivity contribution in [3.8, 4) is 0 Å². The number of anilines is 2. The highest BCUT2D eigenvalue weighted by molar-refractivity contribution is 5.43. The van der Waals surface area contributed by atoms with Crippen LogP contribution >= 0.6 is 0 Å². The van der Waals surface area contributed by atoms with Crippen molar-refractivity contribution in [1.29, 1.82) is 0 Å². The van der Waals surface area contributed by atoms with Crippen molar-refractivity contribution in [2.75, 3.05) is 11.5 Å². The minimum atomic E-state index is 0.837. The van der Waals surface area contributed by atoms with Crippen LogP contribution in [0.15, 0.2) is 84.9 Å². The molecule has 0 atom stereocenters. The predicted octanol–water partition coefficient (Wildman–Crippen LogP) is 12.4. The van der Waals surface area contributed by atoms with Gasteiger partial charge in [-0.3, -0.25) is 0 Å². The van der Waals surface area contributed by atoms with E-state index in [0.29, 0.717) is 0 Å². The number of unbranched alkanes of at least 4 members (excludes halogenated alkanes) is 13. The van der Waals surface area contributed by atoms with E-state index in [2.05, 4.69) is 74.5 Å². The number of hydrogen-bond acceptors (Lipinski definition) is 2. The zero-order chi connectivity index (χ0) is 33.8. The molecule has 4 aromatic carbocycles. The summed E-state index contributed by atoms with van der Waals surface area (Å²) in [6.45, 7) is 4.56. The van der Waals surface area contributed by atoms with E-state index >= 15 is 0 Å². The molecule has 0 aliphatic carbocycles. The molecule has 48 heavy (non-hydrogen) atoms. The van der Waals surface area contributed by atoms with Crippen molar-refractivity contribution in [3.63, 3.8) is 0 Å². The molecule has 258 valence electrons. The molecule has 0 heterocycles. The summed E-state index contributed by atoms with van der Waals surface area (Å²) < 4.78 is 0. The molecule has 0 spiro atoms. The Bertz CT molecular complexity index is 1340. The average molecular weight is 645 g/mol. The van der Waals surface area contributed by atoms with Crippen molar-refractivity contribution in [1.82, 2.24) is 0 Å². The molecule has 0 bridgehead atoms. The first-order valence-corrected chi connectivity index (χ1v) is 19.4. The van der Waals surface area contributed by atoms with E-state index < -0.39 is 0 Å². The minimum Gasteiger partial charge on any atom is -0.399 e. The van der Waals surface area contributed by atoms with E-state index in [1.807, 2.05) is 24.3 Å². The van der Waals surface area contributed by atoms with Crippen LogP contribution in [0.2, 0.25) is 0 Å². The third-order valence-corrected chi connectivity index (χ3v) is 10.2. The van der Waals surface area contributed by atoms with Crippen molar-refractivity contribution < 1.29 is 0 Å². The highest BCUT2D eigenvalue weighted by Crippen LogP contribution is 2.22. The van der Waals surface area contributed by atoms with Crippen LogP contribution in [-0.4, -0.2) is 0 Å². The van der Waals surface area contributed by atoms with Gasteiger partial charge in [-0.05, 0) is 120 Å². The number of nitrogen functional groups attached to an aromatic ring is 2. The van der Waals surface area contributed by atoms with Gasteiger partial charge in [0.25, 0.3) is 0 Å². The summed E-state index contributed by atoms with van der Waals surface area (Å²) in [7, 11) is 0. The Labute approximate surface area is 293 Å². The smallest absolute Gasteiger partial charge is 0.0314 e. The van der Waals surface area contributed by atoms with E-state index in [1.54, 1.807) is 0 Å². The second-order valence-corrected chi connectivity index (χ2v) is 14.2. The van der Waals surface area contributed by atoms with Gasteiger partial charge in [0.15, 0.2) is 0 Å². The summed E-state index contributed by atoms with van der Waals surface area (Å²) in [6.07, 6.45) is 26.1. The Morgan fingerprint density at radius 2 is 0.625 bits per heavy atom. The predicted molar refractivity (Wildman–Crippen MR) is 211 cm³/mol. The molecule has 2 heteroatoms. The van der Waals surface area contributed by atoms with Gasteiger partial charge in [0.1, 0.15) is 0 Å². The van der Waals surface area contributed by atoms with Gasteiger partial charge in [-0.1, -0.05) is 152 Å². The van der Waals surface area contributed by atoms with E-state index in [9.17, 15) is 0 Å². The van der Waals surface area contributed by atoms with Crippen LogP contribution in [-0.2, 0) is 38.5 Å². The van der Waals surface area contributed by atoms with E-state index in [0.717, 1.165) is 37.1 Å². The summed E-state index contributed by atoms with van der Waals surface area (Å²) in [5.41, 5.74) is 25.0. The van der Waals surface area contributed by atoms with E-state index in [4.69, 9.17) is 11.5 Å². The third kappa shape index (κ3) is 13.5. The van der Waals surface area contributed by atoms with Gasteiger partial charge >= 0.3 is 0 Å². The van der Waals surface area contributed by atoms with E-state index in [1.165, 1.54) is 147 Å². The Hall–Kier alpha value is -3.52. The zero-order valence-electron chi connectivity index (χ0n) is 30.4. The molecule has 0 radical (unpaired) electrons. The van der Waals surface area contributed by atoms with Gasteiger partial charge in [0, 0.05) is 11.4 Å². The second-order valence-electron chi connectivity index (χ2n) is 14.2. The third-order valence-electron chi connectivity index (χ3n) is 10.2. The number of benzene rings is 4. The maximum Gasteiger partial charge on any atom is 0.0314 e. The Morgan fingerprint density at radius 1 is 0.333 bits per heavy atom. The lowest BCUT2D eigenvalue weighted by Crippen LogP contribution is -1.97. The van der Waals surface area contributed by atoms with Crippen LogP contribution < -0.4 is 11.5 Å². The first-order chi connectivity index (χ1) is 23.5. The SMILES string of the molecule is CCc1cc(CCCCCCCCCCCCCCCCc2ccc(Cc3ccc(N)cc3)c(CC)c2)ccc1Cc1ccc(N)cc1. The van der Waals surface area contributed by atoms with Crippen molar-refractivity contribution in [2.45, 2.75) is 142 Å². The molecule has 0 fully saturated rings. The fourth-order valence-electron chi connectivity index (χ4n) is 7.16. The van der Waals surface area contributed by atoms with Gasteiger partial charge < -0.3 is 11.5 Å². The van der Waals surface area contributed by atoms with Crippen molar-refractivity contribution in [3.05, 3.63) is 129 Å². The number of aryl methyl sites for hydroxylation is 4. The fraction of sp³-hybridized carbons (Fsp3) is 0.478. The lowest BCUT2D eigenvalue weighted by Gasteiger charge is -2.11. The van der Waals surface area contributed by atoms with Crippen molar-refractivity contribution >= 4 is 11.4 Å². The van der Waals surface area contributed by atoms with Crippen LogP contribution in [0.5, 0.6) is 0 Å². The number of nitrogens with two attached hydrogens (primary N) is 2. The molecule has 0 aliphatic heterocycles. The summed E-state index contributed by atoms with van der Waals surface area (Å²) >= 11 is 0. The summed E-state index contributed by atoms with van der Waals surface area (Å²) in [5, 5.41) is 0. The fourth-order valence-corrected chi connectivity index (χ4v) is 7.16. The molecule has 0 aliphatic rings. The first-order valence-electron chi connectivity index (χ1n) is 19.4. The molecule has 0 aromatic heterocycles. The summed E-state index contributed by atoms with van der Waals surface area (Å²) in [6, 6.07) is 31.0. The van der Waals surface area contributed by atoms with Gasteiger partial charge in [0.2, 0.25) is 0 Å².